The molecule has 0 aliphatic carbocycles. The van der Waals surface area contributed by atoms with Gasteiger partial charge < -0.3 is 9.84 Å². The maximum Gasteiger partial charge on any atom is 0.341 e. The number of nitrogens with zero attached hydrogens (tertiary/aromatic N) is 1. The maximum absolute atomic E-state index is 11.1. The molecule has 0 saturated heterocycles. The summed E-state index contributed by atoms with van der Waals surface area (Å²) in [5.41, 5.74) is 0.852. The van der Waals surface area contributed by atoms with Crippen molar-refractivity contribution in [3.05, 3.63) is 57.2 Å². The van der Waals surface area contributed by atoms with E-state index in [1.165, 1.54) is 12.3 Å². The number of benzene rings is 1. The average molecular weight is 343 g/mol. The number of carboxylic acid groups (broad SMARTS) is 1. The van der Waals surface area contributed by atoms with Gasteiger partial charge in [-0.2, -0.15) is 0 Å². The van der Waals surface area contributed by atoms with E-state index in [9.17, 15) is 4.79 Å². The molecule has 1 aromatic heterocycles. The molecule has 0 radical (unpaired) electrons. The SMILES string of the molecule is O=C(O)c1cc(Br)cnc1OCc1cccc(Cl)c1. The zero-order chi connectivity index (χ0) is 13.8. The smallest absolute Gasteiger partial charge is 0.341 e. The number of aromatic nitrogens is 1. The third-order valence-electron chi connectivity index (χ3n) is 2.31. The van der Waals surface area contributed by atoms with E-state index in [4.69, 9.17) is 21.4 Å². The molecule has 98 valence electrons. The Morgan fingerprint density at radius 1 is 1.42 bits per heavy atom. The van der Waals surface area contributed by atoms with E-state index in [-0.39, 0.29) is 18.1 Å². The highest BCUT2D eigenvalue weighted by Crippen LogP contribution is 2.21. The van der Waals surface area contributed by atoms with Crippen LogP contribution in [0.3, 0.4) is 0 Å². The van der Waals surface area contributed by atoms with Gasteiger partial charge in [0.05, 0.1) is 0 Å². The average Bonchev–Trinajstić information content (AvgIpc) is 2.37. The third kappa shape index (κ3) is 3.68. The van der Waals surface area contributed by atoms with Crippen molar-refractivity contribution >= 4 is 33.5 Å². The van der Waals surface area contributed by atoms with Crippen molar-refractivity contribution < 1.29 is 14.6 Å². The lowest BCUT2D eigenvalue weighted by atomic mass is 10.2. The normalized spacial score (nSPS) is 10.2. The quantitative estimate of drug-likeness (QED) is 0.918. The minimum absolute atomic E-state index is 0.0106. The topological polar surface area (TPSA) is 59.4 Å². The van der Waals surface area contributed by atoms with Gasteiger partial charge in [-0.3, -0.25) is 0 Å². The Morgan fingerprint density at radius 2 is 2.21 bits per heavy atom. The van der Waals surface area contributed by atoms with Crippen molar-refractivity contribution in [1.29, 1.82) is 0 Å². The highest BCUT2D eigenvalue weighted by Gasteiger charge is 2.13. The fraction of sp³-hybridized carbons (Fsp3) is 0.0769. The van der Waals surface area contributed by atoms with Gasteiger partial charge in [0.2, 0.25) is 5.88 Å². The number of halogens is 2. The highest BCUT2D eigenvalue weighted by molar-refractivity contribution is 9.10. The molecule has 0 unspecified atom stereocenters. The van der Waals surface area contributed by atoms with Crippen molar-refractivity contribution in [3.8, 4) is 5.88 Å². The van der Waals surface area contributed by atoms with Crippen LogP contribution in [0.1, 0.15) is 15.9 Å². The number of aromatic carboxylic acids is 1. The molecule has 0 aliphatic rings. The van der Waals surface area contributed by atoms with Crippen LogP contribution in [-0.4, -0.2) is 16.1 Å². The van der Waals surface area contributed by atoms with Crippen molar-refractivity contribution in [3.63, 3.8) is 0 Å². The van der Waals surface area contributed by atoms with E-state index in [0.717, 1.165) is 5.56 Å². The summed E-state index contributed by atoms with van der Waals surface area (Å²) in [5, 5.41) is 9.67. The maximum atomic E-state index is 11.1. The third-order valence-corrected chi connectivity index (χ3v) is 2.98. The highest BCUT2D eigenvalue weighted by atomic mass is 79.9. The van der Waals surface area contributed by atoms with Crippen LogP contribution in [0.2, 0.25) is 5.02 Å². The van der Waals surface area contributed by atoms with E-state index in [2.05, 4.69) is 20.9 Å². The Hall–Kier alpha value is -1.59. The Morgan fingerprint density at radius 3 is 2.89 bits per heavy atom. The summed E-state index contributed by atoms with van der Waals surface area (Å²) in [6.07, 6.45) is 1.49. The summed E-state index contributed by atoms with van der Waals surface area (Å²) >= 11 is 9.03. The fourth-order valence-corrected chi connectivity index (χ4v) is 2.02. The zero-order valence-corrected chi connectivity index (χ0v) is 12.0. The number of carboxylic acids is 1. The number of hydrogen-bond acceptors (Lipinski definition) is 3. The van der Waals surface area contributed by atoms with Crippen molar-refractivity contribution in [2.24, 2.45) is 0 Å². The Labute approximate surface area is 123 Å². The minimum atomic E-state index is -1.09. The van der Waals surface area contributed by atoms with Gasteiger partial charge in [-0.15, -0.1) is 0 Å². The molecular weight excluding hydrogens is 334 g/mol. The Balaban J connectivity index is 2.17. The molecule has 4 nitrogen and oxygen atoms in total. The van der Waals surface area contributed by atoms with Gasteiger partial charge in [0.25, 0.3) is 0 Å². The minimum Gasteiger partial charge on any atom is -0.477 e. The first-order chi connectivity index (χ1) is 9.06. The summed E-state index contributed by atoms with van der Waals surface area (Å²) in [4.78, 5) is 15.0. The summed E-state index contributed by atoms with van der Waals surface area (Å²) in [6, 6.07) is 8.59. The van der Waals surface area contributed by atoms with E-state index < -0.39 is 5.97 Å². The van der Waals surface area contributed by atoms with Gasteiger partial charge in [-0.05, 0) is 39.7 Å². The first-order valence-electron chi connectivity index (χ1n) is 5.32. The molecule has 0 saturated carbocycles. The molecule has 6 heteroatoms. The number of rotatable bonds is 4. The largest absolute Gasteiger partial charge is 0.477 e. The van der Waals surface area contributed by atoms with Gasteiger partial charge >= 0.3 is 5.97 Å². The molecule has 0 bridgehead atoms. The molecular formula is C13H9BrClNO3. The second-order valence-corrected chi connectivity index (χ2v) is 5.08. The lowest BCUT2D eigenvalue weighted by molar-refractivity contribution is 0.0690. The first-order valence-corrected chi connectivity index (χ1v) is 6.49. The monoisotopic (exact) mass is 341 g/mol. The van der Waals surface area contributed by atoms with Crippen molar-refractivity contribution in [2.45, 2.75) is 6.61 Å². The molecule has 1 aromatic carbocycles. The molecule has 0 atom stereocenters. The number of ether oxygens (including phenoxy) is 1. The molecule has 0 amide bonds. The first kappa shape index (κ1) is 13.8. The lowest BCUT2D eigenvalue weighted by Crippen LogP contribution is -2.05. The predicted octanol–water partition coefficient (Wildman–Crippen LogP) is 3.77. The Bertz CT molecular complexity index is 619. The van der Waals surface area contributed by atoms with E-state index in [0.29, 0.717) is 9.50 Å². The number of hydrogen-bond donors (Lipinski definition) is 1. The van der Waals surface area contributed by atoms with Gasteiger partial charge in [0.1, 0.15) is 12.2 Å². The molecule has 0 spiro atoms. The standard InChI is InChI=1S/C13H9BrClNO3/c14-9-5-11(13(17)18)12(16-6-9)19-7-8-2-1-3-10(15)4-8/h1-6H,7H2,(H,17,18). The van der Waals surface area contributed by atoms with Crippen molar-refractivity contribution in [1.82, 2.24) is 4.98 Å². The summed E-state index contributed by atoms with van der Waals surface area (Å²) < 4.78 is 6.01. The summed E-state index contributed by atoms with van der Waals surface area (Å²) in [6.45, 7) is 0.204. The molecule has 0 fully saturated rings. The fourth-order valence-electron chi connectivity index (χ4n) is 1.47. The number of pyridine rings is 1. The van der Waals surface area contributed by atoms with Crippen LogP contribution in [0.4, 0.5) is 0 Å². The molecule has 2 aromatic rings. The molecule has 1 heterocycles. The zero-order valence-electron chi connectivity index (χ0n) is 9.64. The summed E-state index contributed by atoms with van der Waals surface area (Å²) in [7, 11) is 0. The van der Waals surface area contributed by atoms with Gasteiger partial charge in [0, 0.05) is 15.7 Å². The van der Waals surface area contributed by atoms with Gasteiger partial charge in [-0.25, -0.2) is 9.78 Å². The summed E-state index contributed by atoms with van der Waals surface area (Å²) in [5.74, 6) is -1.01. The molecule has 0 aliphatic heterocycles. The van der Waals surface area contributed by atoms with Crippen LogP contribution in [0.25, 0.3) is 0 Å². The predicted molar refractivity (Wildman–Crippen MR) is 74.7 cm³/mol. The van der Waals surface area contributed by atoms with E-state index in [1.54, 1.807) is 18.2 Å². The van der Waals surface area contributed by atoms with Crippen LogP contribution in [0.5, 0.6) is 5.88 Å². The van der Waals surface area contributed by atoms with Crippen LogP contribution < -0.4 is 4.74 Å². The molecule has 2 rings (SSSR count). The molecule has 19 heavy (non-hydrogen) atoms. The Kier molecular flexibility index (Phi) is 4.39. The lowest BCUT2D eigenvalue weighted by Gasteiger charge is -2.08. The second kappa shape index (κ2) is 6.04. The van der Waals surface area contributed by atoms with Crippen LogP contribution >= 0.6 is 27.5 Å². The van der Waals surface area contributed by atoms with E-state index in [1.807, 2.05) is 6.07 Å². The van der Waals surface area contributed by atoms with Crippen molar-refractivity contribution in [2.75, 3.05) is 0 Å². The van der Waals surface area contributed by atoms with Gasteiger partial charge in [-0.1, -0.05) is 23.7 Å². The number of carbonyl (C=O) groups is 1. The molecule has 1 N–H and O–H groups in total. The van der Waals surface area contributed by atoms with Crippen LogP contribution in [-0.2, 0) is 6.61 Å². The van der Waals surface area contributed by atoms with E-state index >= 15 is 0 Å². The van der Waals surface area contributed by atoms with Crippen LogP contribution in [0.15, 0.2) is 41.0 Å². The van der Waals surface area contributed by atoms with Gasteiger partial charge in [0.15, 0.2) is 0 Å². The second-order valence-electron chi connectivity index (χ2n) is 3.73. The van der Waals surface area contributed by atoms with Crippen LogP contribution in [0, 0.1) is 0 Å².